The zero-order valence-electron chi connectivity index (χ0n) is 19.6. The summed E-state index contributed by atoms with van der Waals surface area (Å²) in [6.07, 6.45) is 0.894. The van der Waals surface area contributed by atoms with E-state index in [1.54, 1.807) is 31.4 Å². The smallest absolute Gasteiger partial charge is 0.278 e. The van der Waals surface area contributed by atoms with E-state index >= 15 is 0 Å². The van der Waals surface area contributed by atoms with Crippen molar-refractivity contribution in [3.05, 3.63) is 95.2 Å². The molecule has 0 fully saturated rings. The molecule has 3 aromatic rings. The van der Waals surface area contributed by atoms with Crippen molar-refractivity contribution in [3.8, 4) is 11.5 Å². The van der Waals surface area contributed by atoms with Gasteiger partial charge in [0, 0.05) is 11.8 Å². The average Bonchev–Trinajstić information content (AvgIpc) is 3.08. The number of rotatable bonds is 9. The van der Waals surface area contributed by atoms with Crippen LogP contribution in [-0.4, -0.2) is 30.4 Å². The van der Waals surface area contributed by atoms with Gasteiger partial charge in [-0.25, -0.2) is 0 Å². The predicted octanol–water partition coefficient (Wildman–Crippen LogP) is 5.18. The number of ether oxygens (including phenoxy) is 2. The molecule has 3 aromatic carbocycles. The van der Waals surface area contributed by atoms with Crippen molar-refractivity contribution >= 4 is 23.1 Å². The molecule has 2 amide bonds. The molecule has 0 atom stereocenters. The lowest BCUT2D eigenvalue weighted by molar-refractivity contribution is -0.137. The van der Waals surface area contributed by atoms with Crippen molar-refractivity contribution < 1.29 is 19.1 Å². The van der Waals surface area contributed by atoms with Gasteiger partial charge in [-0.2, -0.15) is 0 Å². The molecule has 0 aromatic heterocycles. The van der Waals surface area contributed by atoms with Gasteiger partial charge in [-0.15, -0.1) is 0 Å². The summed E-state index contributed by atoms with van der Waals surface area (Å²) >= 11 is 0. The number of imide groups is 1. The van der Waals surface area contributed by atoms with E-state index in [0.717, 1.165) is 17.5 Å². The minimum atomic E-state index is -0.365. The van der Waals surface area contributed by atoms with Crippen LogP contribution in [-0.2, 0) is 16.1 Å². The third-order valence-electron chi connectivity index (χ3n) is 5.58. The van der Waals surface area contributed by atoms with Crippen LogP contribution >= 0.6 is 0 Å². The number of anilines is 1. The van der Waals surface area contributed by atoms with Gasteiger partial charge in [-0.3, -0.25) is 14.5 Å². The summed E-state index contributed by atoms with van der Waals surface area (Å²) in [5, 5.41) is 3.20. The molecule has 174 valence electrons. The van der Waals surface area contributed by atoms with Crippen LogP contribution < -0.4 is 14.8 Å². The molecule has 0 spiro atoms. The van der Waals surface area contributed by atoms with E-state index < -0.39 is 0 Å². The summed E-state index contributed by atoms with van der Waals surface area (Å²) in [6, 6.07) is 22.3. The number of carbonyl (C=O) groups excluding carboxylic acids is 2. The molecule has 0 aliphatic carbocycles. The van der Waals surface area contributed by atoms with Crippen LogP contribution in [0, 0.1) is 6.92 Å². The number of methoxy groups -OCH3 is 1. The zero-order valence-corrected chi connectivity index (χ0v) is 19.6. The van der Waals surface area contributed by atoms with Gasteiger partial charge < -0.3 is 14.8 Å². The fourth-order valence-electron chi connectivity index (χ4n) is 3.77. The summed E-state index contributed by atoms with van der Waals surface area (Å²) in [5.41, 5.74) is 3.90. The van der Waals surface area contributed by atoms with Crippen molar-refractivity contribution in [2.75, 3.05) is 19.0 Å². The third kappa shape index (κ3) is 4.96. The molecular formula is C28H28N2O4. The first-order valence-corrected chi connectivity index (χ1v) is 11.3. The first-order chi connectivity index (χ1) is 16.5. The van der Waals surface area contributed by atoms with E-state index in [2.05, 4.69) is 5.32 Å². The molecule has 0 unspecified atom stereocenters. The fraction of sp³-hybridized carbons (Fsp3) is 0.214. The second kappa shape index (κ2) is 10.3. The second-order valence-electron chi connectivity index (χ2n) is 8.16. The average molecular weight is 457 g/mol. The van der Waals surface area contributed by atoms with Crippen LogP contribution in [0.2, 0.25) is 0 Å². The lowest BCUT2D eigenvalue weighted by Crippen LogP contribution is -2.32. The monoisotopic (exact) mass is 456 g/mol. The van der Waals surface area contributed by atoms with Gasteiger partial charge in [0.25, 0.3) is 11.8 Å². The molecule has 1 aliphatic rings. The molecule has 1 aliphatic heterocycles. The molecule has 0 radical (unpaired) electrons. The van der Waals surface area contributed by atoms with E-state index in [1.807, 2.05) is 62.4 Å². The van der Waals surface area contributed by atoms with E-state index in [0.29, 0.717) is 34.9 Å². The maximum atomic E-state index is 13.5. The molecule has 34 heavy (non-hydrogen) atoms. The van der Waals surface area contributed by atoms with Crippen LogP contribution in [0.15, 0.2) is 78.5 Å². The Kier molecular flexibility index (Phi) is 6.97. The van der Waals surface area contributed by atoms with Crippen LogP contribution in [0.25, 0.3) is 5.57 Å². The highest BCUT2D eigenvalue weighted by atomic mass is 16.5. The second-order valence-corrected chi connectivity index (χ2v) is 8.16. The Morgan fingerprint density at radius 2 is 1.62 bits per heavy atom. The van der Waals surface area contributed by atoms with Gasteiger partial charge in [-0.05, 0) is 48.7 Å². The molecule has 1 heterocycles. The number of amides is 2. The quantitative estimate of drug-likeness (QED) is 0.449. The van der Waals surface area contributed by atoms with Crippen molar-refractivity contribution in [3.63, 3.8) is 0 Å². The highest BCUT2D eigenvalue weighted by molar-refractivity contribution is 6.36. The Hall–Kier alpha value is -4.06. The molecule has 1 N–H and O–H groups in total. The summed E-state index contributed by atoms with van der Waals surface area (Å²) in [5.74, 6) is 0.674. The highest BCUT2D eigenvalue weighted by Gasteiger charge is 2.39. The Morgan fingerprint density at radius 1 is 0.882 bits per heavy atom. The standard InChI is InChI=1S/C28H28N2O4/c1-4-16-34-24-7-5-6-22(17-24)29-26-25(21-12-14-23(33-3)15-13-21)27(31)30(28(26)32)18-20-10-8-19(2)9-11-20/h5-15,17,29H,4,16,18H2,1-3H3. The van der Waals surface area contributed by atoms with E-state index in [1.165, 1.54) is 4.90 Å². The van der Waals surface area contributed by atoms with E-state index in [9.17, 15) is 9.59 Å². The number of hydrogen-bond acceptors (Lipinski definition) is 5. The number of hydrogen-bond donors (Lipinski definition) is 1. The normalized spacial score (nSPS) is 13.4. The Bertz CT molecular complexity index is 1210. The molecule has 6 heteroatoms. The van der Waals surface area contributed by atoms with Gasteiger partial charge in [0.2, 0.25) is 0 Å². The van der Waals surface area contributed by atoms with Crippen LogP contribution in [0.4, 0.5) is 5.69 Å². The summed E-state index contributed by atoms with van der Waals surface area (Å²) < 4.78 is 11.0. The zero-order chi connectivity index (χ0) is 24.1. The lowest BCUT2D eigenvalue weighted by atomic mass is 10.0. The summed E-state index contributed by atoms with van der Waals surface area (Å²) in [6.45, 7) is 4.84. The maximum absolute atomic E-state index is 13.5. The largest absolute Gasteiger partial charge is 0.497 e. The van der Waals surface area contributed by atoms with Gasteiger partial charge in [-0.1, -0.05) is 55.0 Å². The SMILES string of the molecule is CCCOc1cccc(NC2=C(c3ccc(OC)cc3)C(=O)N(Cc3ccc(C)cc3)C2=O)c1. The van der Waals surface area contributed by atoms with Crippen LogP contribution in [0.3, 0.4) is 0 Å². The third-order valence-corrected chi connectivity index (χ3v) is 5.58. The first-order valence-electron chi connectivity index (χ1n) is 11.3. The van der Waals surface area contributed by atoms with E-state index in [-0.39, 0.29) is 24.1 Å². The number of nitrogens with zero attached hydrogens (tertiary/aromatic N) is 1. The number of carbonyl (C=O) groups is 2. The molecule has 0 saturated carbocycles. The Morgan fingerprint density at radius 3 is 2.29 bits per heavy atom. The Labute approximate surface area is 199 Å². The molecular weight excluding hydrogens is 428 g/mol. The number of benzene rings is 3. The summed E-state index contributed by atoms with van der Waals surface area (Å²) in [7, 11) is 1.59. The fourth-order valence-corrected chi connectivity index (χ4v) is 3.77. The van der Waals surface area contributed by atoms with Crippen molar-refractivity contribution in [2.24, 2.45) is 0 Å². The van der Waals surface area contributed by atoms with Gasteiger partial charge in [0.15, 0.2) is 0 Å². The van der Waals surface area contributed by atoms with Crippen LogP contribution in [0.5, 0.6) is 11.5 Å². The maximum Gasteiger partial charge on any atom is 0.278 e. The minimum absolute atomic E-state index is 0.197. The van der Waals surface area contributed by atoms with Crippen molar-refractivity contribution in [1.29, 1.82) is 0 Å². The highest BCUT2D eigenvalue weighted by Crippen LogP contribution is 2.33. The minimum Gasteiger partial charge on any atom is -0.497 e. The molecule has 4 rings (SSSR count). The molecule has 6 nitrogen and oxygen atoms in total. The van der Waals surface area contributed by atoms with Crippen molar-refractivity contribution in [1.82, 2.24) is 4.90 Å². The van der Waals surface area contributed by atoms with Crippen LogP contribution in [0.1, 0.15) is 30.0 Å². The summed E-state index contributed by atoms with van der Waals surface area (Å²) in [4.78, 5) is 28.3. The topological polar surface area (TPSA) is 67.9 Å². The molecule has 0 bridgehead atoms. The van der Waals surface area contributed by atoms with Crippen molar-refractivity contribution in [2.45, 2.75) is 26.8 Å². The predicted molar refractivity (Wildman–Crippen MR) is 133 cm³/mol. The van der Waals surface area contributed by atoms with E-state index in [4.69, 9.17) is 9.47 Å². The lowest BCUT2D eigenvalue weighted by Gasteiger charge is -2.16. The number of nitrogens with one attached hydrogen (secondary N) is 1. The Balaban J connectivity index is 1.69. The van der Waals surface area contributed by atoms with Gasteiger partial charge in [0.05, 0.1) is 25.8 Å². The van der Waals surface area contributed by atoms with Gasteiger partial charge >= 0.3 is 0 Å². The molecule has 0 saturated heterocycles. The van der Waals surface area contributed by atoms with Gasteiger partial charge in [0.1, 0.15) is 17.2 Å². The number of aryl methyl sites for hydroxylation is 1. The first kappa shape index (κ1) is 23.1.